The van der Waals surface area contributed by atoms with Crippen LogP contribution >= 0.6 is 11.8 Å². The smallest absolute Gasteiger partial charge is 0.241 e. The van der Waals surface area contributed by atoms with Crippen molar-refractivity contribution in [3.05, 3.63) is 29.8 Å². The summed E-state index contributed by atoms with van der Waals surface area (Å²) in [6.07, 6.45) is 3.14. The van der Waals surface area contributed by atoms with Gasteiger partial charge in [0.2, 0.25) is 5.91 Å². The summed E-state index contributed by atoms with van der Waals surface area (Å²) in [4.78, 5) is 12.2. The van der Waals surface area contributed by atoms with Gasteiger partial charge in [0, 0.05) is 5.69 Å². The molecule has 3 nitrogen and oxygen atoms in total. The quantitative estimate of drug-likeness (QED) is 0.890. The molecular formula is C15H20N2OS. The number of carbonyl (C=O) groups is 1. The van der Waals surface area contributed by atoms with Gasteiger partial charge in [0.1, 0.15) is 0 Å². The van der Waals surface area contributed by atoms with E-state index in [4.69, 9.17) is 0 Å². The van der Waals surface area contributed by atoms with Gasteiger partial charge in [-0.3, -0.25) is 4.79 Å². The first kappa shape index (κ1) is 13.0. The van der Waals surface area contributed by atoms with Crippen LogP contribution in [0.5, 0.6) is 0 Å². The van der Waals surface area contributed by atoms with E-state index in [1.165, 1.54) is 23.5 Å². The predicted octanol–water partition coefficient (Wildman–Crippen LogP) is 2.28. The van der Waals surface area contributed by atoms with Gasteiger partial charge in [-0.05, 0) is 54.9 Å². The summed E-state index contributed by atoms with van der Waals surface area (Å²) in [6.45, 7) is 0.974. The Balaban J connectivity index is 1.60. The molecule has 1 saturated heterocycles. The molecule has 2 heterocycles. The Morgan fingerprint density at radius 3 is 3.05 bits per heavy atom. The van der Waals surface area contributed by atoms with Gasteiger partial charge in [-0.15, -0.1) is 0 Å². The van der Waals surface area contributed by atoms with Crippen LogP contribution in [-0.4, -0.2) is 30.0 Å². The lowest BCUT2D eigenvalue weighted by Crippen LogP contribution is -2.42. The van der Waals surface area contributed by atoms with E-state index in [1.54, 1.807) is 0 Å². The van der Waals surface area contributed by atoms with E-state index in [0.717, 1.165) is 31.0 Å². The Morgan fingerprint density at radius 2 is 2.21 bits per heavy atom. The summed E-state index contributed by atoms with van der Waals surface area (Å²) in [5.41, 5.74) is 2.23. The molecule has 2 N–H and O–H groups in total. The summed E-state index contributed by atoms with van der Waals surface area (Å²) < 4.78 is 0. The first-order valence-electron chi connectivity index (χ1n) is 7.03. The summed E-state index contributed by atoms with van der Waals surface area (Å²) >= 11 is 2.02. The average molecular weight is 276 g/mol. The van der Waals surface area contributed by atoms with Gasteiger partial charge < -0.3 is 10.6 Å². The molecule has 1 amide bonds. The van der Waals surface area contributed by atoms with Crippen LogP contribution in [-0.2, 0) is 11.2 Å². The number of rotatable bonds is 3. The highest BCUT2D eigenvalue weighted by Crippen LogP contribution is 2.24. The zero-order valence-corrected chi connectivity index (χ0v) is 11.8. The van der Waals surface area contributed by atoms with Crippen molar-refractivity contribution >= 4 is 23.4 Å². The molecule has 2 atom stereocenters. The third-order valence-electron chi connectivity index (χ3n) is 3.97. The molecule has 0 aromatic heterocycles. The number of fused-ring (bicyclic) bond motifs is 1. The van der Waals surface area contributed by atoms with Gasteiger partial charge in [-0.1, -0.05) is 18.2 Å². The number of hydrogen-bond acceptors (Lipinski definition) is 3. The molecule has 1 aromatic carbocycles. The maximum atomic E-state index is 12.2. The topological polar surface area (TPSA) is 41.1 Å². The van der Waals surface area contributed by atoms with E-state index < -0.39 is 0 Å². The monoisotopic (exact) mass is 276 g/mol. The Bertz CT molecular complexity index is 457. The van der Waals surface area contributed by atoms with E-state index in [-0.39, 0.29) is 11.9 Å². The van der Waals surface area contributed by atoms with Gasteiger partial charge in [-0.2, -0.15) is 11.8 Å². The van der Waals surface area contributed by atoms with Crippen molar-refractivity contribution in [1.29, 1.82) is 0 Å². The third-order valence-corrected chi connectivity index (χ3v) is 5.20. The van der Waals surface area contributed by atoms with Crippen molar-refractivity contribution in [2.75, 3.05) is 23.4 Å². The third kappa shape index (κ3) is 3.12. The number of hydrogen-bond donors (Lipinski definition) is 2. The number of aryl methyl sites for hydroxylation is 1. The fraction of sp³-hybridized carbons (Fsp3) is 0.533. The number of anilines is 1. The first-order chi connectivity index (χ1) is 9.33. The number of nitrogens with one attached hydrogen (secondary N) is 2. The molecule has 2 aliphatic heterocycles. The second-order valence-corrected chi connectivity index (χ2v) is 6.53. The molecule has 3 rings (SSSR count). The summed E-state index contributed by atoms with van der Waals surface area (Å²) in [5, 5.41) is 6.50. The molecule has 0 radical (unpaired) electrons. The Labute approximate surface area is 118 Å². The average Bonchev–Trinajstić information content (AvgIpc) is 2.88. The van der Waals surface area contributed by atoms with E-state index in [1.807, 2.05) is 30.0 Å². The zero-order chi connectivity index (χ0) is 13.1. The summed E-state index contributed by atoms with van der Waals surface area (Å²) in [6, 6.07) is 8.06. The molecule has 1 fully saturated rings. The number of amides is 1. The van der Waals surface area contributed by atoms with Crippen LogP contribution in [0.2, 0.25) is 0 Å². The lowest BCUT2D eigenvalue weighted by atomic mass is 10.0. The van der Waals surface area contributed by atoms with Gasteiger partial charge >= 0.3 is 0 Å². The number of carbonyl (C=O) groups excluding carboxylic acids is 1. The van der Waals surface area contributed by atoms with Crippen molar-refractivity contribution in [2.45, 2.75) is 25.3 Å². The van der Waals surface area contributed by atoms with E-state index in [9.17, 15) is 4.79 Å². The molecule has 0 bridgehead atoms. The minimum absolute atomic E-state index is 0.0435. The van der Waals surface area contributed by atoms with Crippen molar-refractivity contribution in [2.24, 2.45) is 5.92 Å². The molecule has 0 aliphatic carbocycles. The number of thioether (sulfide) groups is 1. The molecule has 2 unspecified atom stereocenters. The summed E-state index contributed by atoms with van der Waals surface area (Å²) in [5.74, 6) is 3.37. The first-order valence-corrected chi connectivity index (χ1v) is 8.18. The highest BCUT2D eigenvalue weighted by Gasteiger charge is 2.24. The minimum atomic E-state index is -0.0435. The fourth-order valence-corrected chi connectivity index (χ4v) is 4.04. The molecule has 4 heteroatoms. The maximum absolute atomic E-state index is 12.2. The van der Waals surface area contributed by atoms with Crippen LogP contribution < -0.4 is 10.6 Å². The van der Waals surface area contributed by atoms with Crippen LogP contribution in [0.15, 0.2) is 24.3 Å². The lowest BCUT2D eigenvalue weighted by Gasteiger charge is -2.17. The highest BCUT2D eigenvalue weighted by molar-refractivity contribution is 7.99. The van der Waals surface area contributed by atoms with Crippen LogP contribution in [0.4, 0.5) is 5.69 Å². The van der Waals surface area contributed by atoms with Gasteiger partial charge in [-0.25, -0.2) is 0 Å². The van der Waals surface area contributed by atoms with Crippen molar-refractivity contribution in [1.82, 2.24) is 5.32 Å². The van der Waals surface area contributed by atoms with Gasteiger partial charge in [0.25, 0.3) is 0 Å². The molecule has 19 heavy (non-hydrogen) atoms. The highest BCUT2D eigenvalue weighted by atomic mass is 32.2. The molecule has 0 spiro atoms. The predicted molar refractivity (Wildman–Crippen MR) is 80.6 cm³/mol. The minimum Gasteiger partial charge on any atom is -0.324 e. The van der Waals surface area contributed by atoms with Gasteiger partial charge in [0.05, 0.1) is 6.04 Å². The van der Waals surface area contributed by atoms with Gasteiger partial charge in [0.15, 0.2) is 0 Å². The van der Waals surface area contributed by atoms with E-state index in [2.05, 4.69) is 16.7 Å². The molecule has 102 valence electrons. The second-order valence-electron chi connectivity index (χ2n) is 5.38. The Morgan fingerprint density at radius 1 is 1.32 bits per heavy atom. The second kappa shape index (κ2) is 5.97. The fourth-order valence-electron chi connectivity index (χ4n) is 2.76. The molecule has 1 aromatic rings. The van der Waals surface area contributed by atoms with Crippen molar-refractivity contribution < 1.29 is 4.79 Å². The largest absolute Gasteiger partial charge is 0.324 e. The maximum Gasteiger partial charge on any atom is 0.241 e. The van der Waals surface area contributed by atoms with Crippen LogP contribution in [0.3, 0.4) is 0 Å². The number of para-hydroxylation sites is 1. The van der Waals surface area contributed by atoms with Crippen molar-refractivity contribution in [3.63, 3.8) is 0 Å². The zero-order valence-electron chi connectivity index (χ0n) is 11.0. The van der Waals surface area contributed by atoms with E-state index >= 15 is 0 Å². The van der Waals surface area contributed by atoms with Crippen LogP contribution in [0.1, 0.15) is 18.4 Å². The molecule has 0 saturated carbocycles. The standard InChI is InChI=1S/C15H20N2OS/c18-15-14(16-9-11-7-8-19-10-11)6-5-12-3-1-2-4-13(12)17-15/h1-4,11,14,16H,5-10H2,(H,17,18). The SMILES string of the molecule is O=C1Nc2ccccc2CCC1NCC1CCSC1. The Kier molecular flexibility index (Phi) is 4.09. The van der Waals surface area contributed by atoms with E-state index in [0.29, 0.717) is 0 Å². The number of benzene rings is 1. The van der Waals surface area contributed by atoms with Crippen LogP contribution in [0.25, 0.3) is 0 Å². The normalized spacial score (nSPS) is 26.6. The summed E-state index contributed by atoms with van der Waals surface area (Å²) in [7, 11) is 0. The molecular weight excluding hydrogens is 256 g/mol. The molecule has 2 aliphatic rings. The lowest BCUT2D eigenvalue weighted by molar-refractivity contribution is -0.118. The van der Waals surface area contributed by atoms with Crippen LogP contribution in [0, 0.1) is 5.92 Å². The Hall–Kier alpha value is -1.00. The van der Waals surface area contributed by atoms with Crippen molar-refractivity contribution in [3.8, 4) is 0 Å².